The van der Waals surface area contributed by atoms with Gasteiger partial charge in [0.2, 0.25) is 5.91 Å². The van der Waals surface area contributed by atoms with Crippen LogP contribution in [0.4, 0.5) is 5.13 Å². The number of imide groups is 1. The number of amides is 3. The van der Waals surface area contributed by atoms with Gasteiger partial charge in [0.1, 0.15) is 6.04 Å². The molecule has 2 aliphatic rings. The highest BCUT2D eigenvalue weighted by Crippen LogP contribution is 2.35. The predicted octanol–water partition coefficient (Wildman–Crippen LogP) is 5.02. The zero-order valence-corrected chi connectivity index (χ0v) is 17.8. The molecule has 1 N–H and O–H groups in total. The van der Waals surface area contributed by atoms with Gasteiger partial charge in [0.25, 0.3) is 11.8 Å². The minimum Gasteiger partial charge on any atom is -0.300 e. The standard InChI is InChI=1S/C20H19Cl2N3O3S/c21-14-9-12-13(10-15(14)22)19(28)25(18(12)27)16(8-11-4-2-1-3-5-11)17(26)24-20-23-6-7-29-20/h6-7,9-11,16H,1-5,8H2,(H,23,24,26)/t16-/m0/s1. The lowest BCUT2D eigenvalue weighted by molar-refractivity contribution is -0.120. The zero-order chi connectivity index (χ0) is 20.5. The third-order valence-electron chi connectivity index (χ3n) is 5.52. The Bertz CT molecular complexity index is 917. The number of hydrogen-bond acceptors (Lipinski definition) is 5. The molecule has 4 rings (SSSR count). The van der Waals surface area contributed by atoms with Gasteiger partial charge in [-0.05, 0) is 24.5 Å². The minimum atomic E-state index is -0.910. The van der Waals surface area contributed by atoms with Crippen molar-refractivity contribution >= 4 is 57.4 Å². The number of halogens is 2. The Labute approximate surface area is 182 Å². The average molecular weight is 452 g/mol. The second-order valence-corrected chi connectivity index (χ2v) is 9.08. The fourth-order valence-corrected chi connectivity index (χ4v) is 4.94. The van der Waals surface area contributed by atoms with Crippen LogP contribution in [0.2, 0.25) is 10.0 Å². The van der Waals surface area contributed by atoms with Crippen molar-refractivity contribution < 1.29 is 14.4 Å². The fourth-order valence-electron chi connectivity index (χ4n) is 4.08. The van der Waals surface area contributed by atoms with Crippen molar-refractivity contribution in [2.45, 2.75) is 44.6 Å². The normalized spacial score (nSPS) is 18.1. The van der Waals surface area contributed by atoms with Crippen LogP contribution in [-0.4, -0.2) is 33.6 Å². The lowest BCUT2D eigenvalue weighted by Gasteiger charge is -2.30. The van der Waals surface area contributed by atoms with Gasteiger partial charge in [-0.25, -0.2) is 4.98 Å². The molecule has 1 atom stereocenters. The number of nitrogens with zero attached hydrogens (tertiary/aromatic N) is 2. The van der Waals surface area contributed by atoms with E-state index in [1.165, 1.54) is 29.9 Å². The SMILES string of the molecule is O=C(Nc1nccs1)[C@H](CC1CCCCC1)N1C(=O)c2cc(Cl)c(Cl)cc2C1=O. The predicted molar refractivity (Wildman–Crippen MR) is 113 cm³/mol. The van der Waals surface area contributed by atoms with Crippen LogP contribution < -0.4 is 5.32 Å². The summed E-state index contributed by atoms with van der Waals surface area (Å²) in [4.78, 5) is 44.4. The van der Waals surface area contributed by atoms with E-state index in [4.69, 9.17) is 23.2 Å². The molecule has 1 saturated carbocycles. The van der Waals surface area contributed by atoms with Gasteiger partial charge in [0, 0.05) is 11.6 Å². The lowest BCUT2D eigenvalue weighted by Crippen LogP contribution is -2.48. The van der Waals surface area contributed by atoms with E-state index < -0.39 is 23.8 Å². The molecule has 1 fully saturated rings. The molecule has 0 spiro atoms. The number of anilines is 1. The molecule has 0 saturated heterocycles. The molecule has 1 aromatic carbocycles. The molecule has 3 amide bonds. The van der Waals surface area contributed by atoms with E-state index in [0.29, 0.717) is 11.6 Å². The van der Waals surface area contributed by atoms with Crippen LogP contribution in [0, 0.1) is 5.92 Å². The fraction of sp³-hybridized carbons (Fsp3) is 0.400. The number of rotatable bonds is 5. The number of carbonyl (C=O) groups is 3. The van der Waals surface area contributed by atoms with Crippen LogP contribution in [0.25, 0.3) is 0 Å². The molecule has 1 aliphatic carbocycles. The van der Waals surface area contributed by atoms with Gasteiger partial charge in [-0.3, -0.25) is 19.3 Å². The third-order valence-corrected chi connectivity index (χ3v) is 6.93. The quantitative estimate of drug-likeness (QED) is 0.646. The molecule has 6 nitrogen and oxygen atoms in total. The van der Waals surface area contributed by atoms with Crippen molar-refractivity contribution in [3.05, 3.63) is 44.9 Å². The first-order valence-corrected chi connectivity index (χ1v) is 11.2. The van der Waals surface area contributed by atoms with Crippen molar-refractivity contribution in [2.24, 2.45) is 5.92 Å². The van der Waals surface area contributed by atoms with Crippen molar-refractivity contribution in [2.75, 3.05) is 5.32 Å². The highest BCUT2D eigenvalue weighted by molar-refractivity contribution is 7.13. The molecule has 0 radical (unpaired) electrons. The van der Waals surface area contributed by atoms with Crippen molar-refractivity contribution in [3.63, 3.8) is 0 Å². The maximum atomic E-state index is 13.1. The van der Waals surface area contributed by atoms with E-state index in [1.54, 1.807) is 11.6 Å². The van der Waals surface area contributed by atoms with Crippen LogP contribution in [-0.2, 0) is 4.79 Å². The van der Waals surface area contributed by atoms with Crippen molar-refractivity contribution in [1.29, 1.82) is 0 Å². The first kappa shape index (κ1) is 20.3. The number of carbonyl (C=O) groups excluding carboxylic acids is 3. The van der Waals surface area contributed by atoms with Gasteiger partial charge in [-0.15, -0.1) is 11.3 Å². The number of hydrogen-bond donors (Lipinski definition) is 1. The van der Waals surface area contributed by atoms with E-state index in [1.807, 2.05) is 0 Å². The molecule has 152 valence electrons. The van der Waals surface area contributed by atoms with Gasteiger partial charge in [0.15, 0.2) is 5.13 Å². The Balaban J connectivity index is 1.65. The summed E-state index contributed by atoms with van der Waals surface area (Å²) in [6, 6.07) is 1.89. The smallest absolute Gasteiger partial charge is 0.262 e. The van der Waals surface area contributed by atoms with Crippen molar-refractivity contribution in [3.8, 4) is 0 Å². The number of fused-ring (bicyclic) bond motifs is 1. The van der Waals surface area contributed by atoms with Gasteiger partial charge >= 0.3 is 0 Å². The Morgan fingerprint density at radius 3 is 2.31 bits per heavy atom. The molecular formula is C20H19Cl2N3O3S. The highest BCUT2D eigenvalue weighted by atomic mass is 35.5. The van der Waals surface area contributed by atoms with E-state index in [-0.39, 0.29) is 27.1 Å². The molecule has 29 heavy (non-hydrogen) atoms. The highest BCUT2D eigenvalue weighted by Gasteiger charge is 2.44. The van der Waals surface area contributed by atoms with Gasteiger partial charge in [0.05, 0.1) is 21.2 Å². The van der Waals surface area contributed by atoms with E-state index in [2.05, 4.69) is 10.3 Å². The topological polar surface area (TPSA) is 79.4 Å². The number of nitrogens with one attached hydrogen (secondary N) is 1. The monoisotopic (exact) mass is 451 g/mol. The third kappa shape index (κ3) is 4.04. The number of benzene rings is 1. The molecular weight excluding hydrogens is 433 g/mol. The summed E-state index contributed by atoms with van der Waals surface area (Å²) in [5, 5.41) is 5.33. The first-order valence-electron chi connectivity index (χ1n) is 9.53. The molecule has 0 unspecified atom stereocenters. The maximum absolute atomic E-state index is 13.1. The largest absolute Gasteiger partial charge is 0.300 e. The summed E-state index contributed by atoms with van der Waals surface area (Å²) in [6.45, 7) is 0. The molecule has 2 heterocycles. The summed E-state index contributed by atoms with van der Waals surface area (Å²) < 4.78 is 0. The summed E-state index contributed by atoms with van der Waals surface area (Å²) in [7, 11) is 0. The van der Waals surface area contributed by atoms with Gasteiger partial charge in [-0.1, -0.05) is 55.3 Å². The van der Waals surface area contributed by atoms with Crippen molar-refractivity contribution in [1.82, 2.24) is 9.88 Å². The molecule has 2 aromatic rings. The first-order chi connectivity index (χ1) is 14.0. The minimum absolute atomic E-state index is 0.181. The zero-order valence-electron chi connectivity index (χ0n) is 15.5. The summed E-state index contributed by atoms with van der Waals surface area (Å²) in [6.07, 6.45) is 7.37. The molecule has 1 aliphatic heterocycles. The van der Waals surface area contributed by atoms with Crippen LogP contribution in [0.5, 0.6) is 0 Å². The van der Waals surface area contributed by atoms with Crippen LogP contribution >= 0.6 is 34.5 Å². The average Bonchev–Trinajstić information content (AvgIpc) is 3.29. The van der Waals surface area contributed by atoms with Gasteiger partial charge in [-0.2, -0.15) is 0 Å². The van der Waals surface area contributed by atoms with Crippen LogP contribution in [0.3, 0.4) is 0 Å². The second-order valence-electron chi connectivity index (χ2n) is 7.37. The Kier molecular flexibility index (Phi) is 5.90. The summed E-state index contributed by atoms with van der Waals surface area (Å²) in [5.41, 5.74) is 0.361. The maximum Gasteiger partial charge on any atom is 0.262 e. The molecule has 1 aromatic heterocycles. The van der Waals surface area contributed by atoms with Gasteiger partial charge < -0.3 is 5.32 Å². The number of thiazole rings is 1. The Morgan fingerprint density at radius 2 is 1.76 bits per heavy atom. The second kappa shape index (κ2) is 8.42. The Morgan fingerprint density at radius 1 is 1.14 bits per heavy atom. The Hall–Kier alpha value is -1.96. The molecule has 9 heteroatoms. The molecule has 0 bridgehead atoms. The van der Waals surface area contributed by atoms with Crippen LogP contribution in [0.15, 0.2) is 23.7 Å². The van der Waals surface area contributed by atoms with E-state index in [0.717, 1.165) is 30.6 Å². The summed E-state index contributed by atoms with van der Waals surface area (Å²) in [5.74, 6) is -1.15. The number of aromatic nitrogens is 1. The lowest BCUT2D eigenvalue weighted by atomic mass is 9.84. The van der Waals surface area contributed by atoms with E-state index in [9.17, 15) is 14.4 Å². The summed E-state index contributed by atoms with van der Waals surface area (Å²) >= 11 is 13.4. The van der Waals surface area contributed by atoms with Crippen LogP contribution in [0.1, 0.15) is 59.2 Å². The van der Waals surface area contributed by atoms with E-state index >= 15 is 0 Å².